The second-order valence-corrected chi connectivity index (χ2v) is 6.32. The summed E-state index contributed by atoms with van der Waals surface area (Å²) >= 11 is 0. The molecule has 7 heteroatoms. The maximum atomic E-state index is 11.0. The fourth-order valence-corrected chi connectivity index (χ4v) is 2.04. The van der Waals surface area contributed by atoms with Gasteiger partial charge in [-0.05, 0) is 18.2 Å². The average Bonchev–Trinajstić information content (AvgIpc) is 2.27. The number of fused-ring (bicyclic) bond motifs is 1. The molecular weight excluding hydrogens is 252 g/mol. The molecule has 1 aromatic heterocycles. The van der Waals surface area contributed by atoms with E-state index in [4.69, 9.17) is 5.73 Å². The number of nitrogen functional groups attached to an aromatic ring is 1. The van der Waals surface area contributed by atoms with Crippen LogP contribution >= 0.6 is 0 Å². The van der Waals surface area contributed by atoms with Crippen molar-refractivity contribution in [3.8, 4) is 0 Å². The first-order valence-corrected chi connectivity index (χ1v) is 7.43. The normalized spacial score (nSPS) is 11.6. The Morgan fingerprint density at radius 1 is 1.33 bits per heavy atom. The summed E-state index contributed by atoms with van der Waals surface area (Å²) in [6.45, 7) is 0.315. The van der Waals surface area contributed by atoms with Gasteiger partial charge in [-0.25, -0.2) is 18.4 Å². The minimum Gasteiger partial charge on any atom is -0.399 e. The SMILES string of the molecule is CS(=O)(=O)CCNc1ncnc2cc(N)ccc12. The number of nitrogens with two attached hydrogens (primary N) is 1. The highest BCUT2D eigenvalue weighted by Crippen LogP contribution is 2.20. The summed E-state index contributed by atoms with van der Waals surface area (Å²) in [4.78, 5) is 8.21. The van der Waals surface area contributed by atoms with Crippen LogP contribution in [0.15, 0.2) is 24.5 Å². The van der Waals surface area contributed by atoms with Crippen LogP contribution in [0, 0.1) is 0 Å². The first-order chi connectivity index (χ1) is 8.46. The molecule has 96 valence electrons. The van der Waals surface area contributed by atoms with Gasteiger partial charge in [0.2, 0.25) is 0 Å². The number of hydrogen-bond acceptors (Lipinski definition) is 6. The fraction of sp³-hybridized carbons (Fsp3) is 0.273. The van der Waals surface area contributed by atoms with Crippen LogP contribution in [0.25, 0.3) is 10.9 Å². The van der Waals surface area contributed by atoms with Crippen LogP contribution in [0.3, 0.4) is 0 Å². The first-order valence-electron chi connectivity index (χ1n) is 5.37. The lowest BCUT2D eigenvalue weighted by Crippen LogP contribution is -2.15. The highest BCUT2D eigenvalue weighted by Gasteiger charge is 2.05. The molecule has 2 aromatic rings. The molecule has 3 N–H and O–H groups in total. The molecule has 0 bridgehead atoms. The van der Waals surface area contributed by atoms with Crippen LogP contribution in [0.4, 0.5) is 11.5 Å². The third kappa shape index (κ3) is 3.07. The second kappa shape index (κ2) is 4.77. The van der Waals surface area contributed by atoms with Crippen molar-refractivity contribution in [2.45, 2.75) is 0 Å². The Morgan fingerprint density at radius 2 is 2.11 bits per heavy atom. The third-order valence-electron chi connectivity index (χ3n) is 2.43. The van der Waals surface area contributed by atoms with Crippen molar-refractivity contribution < 1.29 is 8.42 Å². The molecular formula is C11H14N4O2S. The van der Waals surface area contributed by atoms with E-state index in [1.54, 1.807) is 12.1 Å². The molecule has 18 heavy (non-hydrogen) atoms. The zero-order chi connectivity index (χ0) is 13.2. The lowest BCUT2D eigenvalue weighted by atomic mass is 10.2. The predicted molar refractivity (Wildman–Crippen MR) is 72.2 cm³/mol. The van der Waals surface area contributed by atoms with Crippen LogP contribution < -0.4 is 11.1 Å². The first kappa shape index (κ1) is 12.6. The number of anilines is 2. The van der Waals surface area contributed by atoms with Crippen molar-refractivity contribution in [3.63, 3.8) is 0 Å². The Morgan fingerprint density at radius 3 is 2.83 bits per heavy atom. The van der Waals surface area contributed by atoms with Gasteiger partial charge in [0.15, 0.2) is 0 Å². The molecule has 0 aliphatic carbocycles. The van der Waals surface area contributed by atoms with Crippen LogP contribution in [-0.4, -0.2) is 36.9 Å². The molecule has 0 unspecified atom stereocenters. The second-order valence-electron chi connectivity index (χ2n) is 4.06. The summed E-state index contributed by atoms with van der Waals surface area (Å²) in [5.41, 5.74) is 7.03. The molecule has 0 fully saturated rings. The van der Waals surface area contributed by atoms with Crippen LogP contribution in [0.2, 0.25) is 0 Å². The van der Waals surface area contributed by atoms with E-state index in [1.165, 1.54) is 12.6 Å². The van der Waals surface area contributed by atoms with Gasteiger partial charge in [-0.2, -0.15) is 0 Å². The van der Waals surface area contributed by atoms with Gasteiger partial charge < -0.3 is 11.1 Å². The highest BCUT2D eigenvalue weighted by molar-refractivity contribution is 7.90. The van der Waals surface area contributed by atoms with Crippen LogP contribution in [0.1, 0.15) is 0 Å². The minimum absolute atomic E-state index is 0.0630. The zero-order valence-corrected chi connectivity index (χ0v) is 10.7. The van der Waals surface area contributed by atoms with Gasteiger partial charge in [0.1, 0.15) is 22.0 Å². The lowest BCUT2D eigenvalue weighted by Gasteiger charge is -2.07. The number of nitrogens with zero attached hydrogens (tertiary/aromatic N) is 2. The van der Waals surface area contributed by atoms with Crippen molar-refractivity contribution in [1.29, 1.82) is 0 Å². The third-order valence-corrected chi connectivity index (χ3v) is 3.37. The molecule has 6 nitrogen and oxygen atoms in total. The summed E-state index contributed by atoms with van der Waals surface area (Å²) in [5.74, 6) is 0.677. The highest BCUT2D eigenvalue weighted by atomic mass is 32.2. The standard InChI is InChI=1S/C11H14N4O2S/c1-18(16,17)5-4-13-11-9-3-2-8(12)6-10(9)14-7-15-11/h2-3,6-7H,4-5,12H2,1H3,(H,13,14,15). The number of sulfone groups is 1. The molecule has 0 saturated carbocycles. The quantitative estimate of drug-likeness (QED) is 0.789. The molecule has 0 spiro atoms. The monoisotopic (exact) mass is 266 g/mol. The Hall–Kier alpha value is -1.89. The smallest absolute Gasteiger partial charge is 0.149 e. The molecule has 0 aliphatic heterocycles. The molecule has 2 rings (SSSR count). The summed E-state index contributed by atoms with van der Waals surface area (Å²) < 4.78 is 22.1. The van der Waals surface area contributed by atoms with Gasteiger partial charge in [0, 0.05) is 23.9 Å². The van der Waals surface area contributed by atoms with E-state index in [1.807, 2.05) is 6.07 Å². The minimum atomic E-state index is -2.98. The van der Waals surface area contributed by atoms with Crippen molar-refractivity contribution in [3.05, 3.63) is 24.5 Å². The van der Waals surface area contributed by atoms with E-state index < -0.39 is 9.84 Å². The van der Waals surface area contributed by atoms with Crippen molar-refractivity contribution in [2.24, 2.45) is 0 Å². The largest absolute Gasteiger partial charge is 0.399 e. The zero-order valence-electron chi connectivity index (χ0n) is 9.92. The van der Waals surface area contributed by atoms with E-state index in [0.717, 1.165) is 10.9 Å². The molecule has 1 heterocycles. The predicted octanol–water partition coefficient (Wildman–Crippen LogP) is 0.668. The number of nitrogens with one attached hydrogen (secondary N) is 1. The van der Waals surface area contributed by atoms with Crippen molar-refractivity contribution >= 4 is 32.2 Å². The van der Waals surface area contributed by atoms with Gasteiger partial charge in [0.05, 0.1) is 11.3 Å². The molecule has 1 aromatic carbocycles. The van der Waals surface area contributed by atoms with Gasteiger partial charge >= 0.3 is 0 Å². The maximum absolute atomic E-state index is 11.0. The topological polar surface area (TPSA) is 98.0 Å². The average molecular weight is 266 g/mol. The summed E-state index contributed by atoms with van der Waals surface area (Å²) in [6.07, 6.45) is 2.62. The van der Waals surface area contributed by atoms with Gasteiger partial charge in [-0.3, -0.25) is 0 Å². The Kier molecular flexibility index (Phi) is 3.33. The van der Waals surface area contributed by atoms with Crippen LogP contribution in [0.5, 0.6) is 0 Å². The number of hydrogen-bond donors (Lipinski definition) is 2. The fourth-order valence-electron chi connectivity index (χ4n) is 1.57. The lowest BCUT2D eigenvalue weighted by molar-refractivity contribution is 0.602. The van der Waals surface area contributed by atoms with E-state index in [-0.39, 0.29) is 5.75 Å². The number of aromatic nitrogens is 2. The van der Waals surface area contributed by atoms with E-state index in [2.05, 4.69) is 15.3 Å². The van der Waals surface area contributed by atoms with E-state index in [0.29, 0.717) is 18.1 Å². The maximum Gasteiger partial charge on any atom is 0.149 e. The molecule has 0 aliphatic rings. The molecule has 0 radical (unpaired) electrons. The van der Waals surface area contributed by atoms with E-state index >= 15 is 0 Å². The van der Waals surface area contributed by atoms with E-state index in [9.17, 15) is 8.42 Å². The van der Waals surface area contributed by atoms with Gasteiger partial charge in [0.25, 0.3) is 0 Å². The van der Waals surface area contributed by atoms with Crippen molar-refractivity contribution in [2.75, 3.05) is 29.6 Å². The molecule has 0 saturated heterocycles. The van der Waals surface area contributed by atoms with Crippen LogP contribution in [-0.2, 0) is 9.84 Å². The van der Waals surface area contributed by atoms with Gasteiger partial charge in [-0.1, -0.05) is 0 Å². The number of benzene rings is 1. The molecule has 0 atom stereocenters. The Bertz CT molecular complexity index is 670. The summed E-state index contributed by atoms with van der Waals surface area (Å²) in [6, 6.07) is 5.32. The summed E-state index contributed by atoms with van der Waals surface area (Å²) in [7, 11) is -2.98. The number of rotatable bonds is 4. The van der Waals surface area contributed by atoms with Crippen molar-refractivity contribution in [1.82, 2.24) is 9.97 Å². The molecule has 0 amide bonds. The summed E-state index contributed by atoms with van der Waals surface area (Å²) in [5, 5.41) is 3.81. The Labute approximate surface area is 105 Å². The van der Waals surface area contributed by atoms with Gasteiger partial charge in [-0.15, -0.1) is 0 Å². The Balaban J connectivity index is 2.23.